The lowest BCUT2D eigenvalue weighted by Crippen LogP contribution is -2.41. The molecule has 0 saturated carbocycles. The van der Waals surface area contributed by atoms with E-state index in [0.717, 1.165) is 5.56 Å². The third kappa shape index (κ3) is 4.61. The van der Waals surface area contributed by atoms with Gasteiger partial charge in [0.15, 0.2) is 0 Å². The largest absolute Gasteiger partial charge is 0.481 e. The molecule has 0 fully saturated rings. The first kappa shape index (κ1) is 15.0. The van der Waals surface area contributed by atoms with E-state index in [1.807, 2.05) is 13.8 Å². The summed E-state index contributed by atoms with van der Waals surface area (Å²) in [6.07, 6.45) is 3.34. The van der Waals surface area contributed by atoms with Crippen molar-refractivity contribution in [3.05, 3.63) is 18.0 Å². The Hall–Kier alpha value is -2.05. The van der Waals surface area contributed by atoms with Gasteiger partial charge in [0.2, 0.25) is 0 Å². The van der Waals surface area contributed by atoms with Crippen molar-refractivity contribution in [2.45, 2.75) is 20.4 Å². The molecule has 0 aromatic carbocycles. The van der Waals surface area contributed by atoms with Crippen molar-refractivity contribution in [2.24, 2.45) is 11.8 Å². The van der Waals surface area contributed by atoms with Gasteiger partial charge in [-0.05, 0) is 5.92 Å². The van der Waals surface area contributed by atoms with Crippen molar-refractivity contribution in [3.63, 3.8) is 0 Å². The molecule has 1 aromatic rings. The molecule has 0 aliphatic carbocycles. The predicted octanol–water partition coefficient (Wildman–Crippen LogP) is 0.908. The van der Waals surface area contributed by atoms with Crippen LogP contribution in [0.2, 0.25) is 0 Å². The van der Waals surface area contributed by atoms with Crippen molar-refractivity contribution in [2.75, 3.05) is 13.6 Å². The number of rotatable bonds is 6. The molecule has 0 aliphatic rings. The summed E-state index contributed by atoms with van der Waals surface area (Å²) in [6, 6.07) is -0.298. The van der Waals surface area contributed by atoms with E-state index < -0.39 is 11.9 Å². The average Bonchev–Trinajstić information content (AvgIpc) is 2.80. The summed E-state index contributed by atoms with van der Waals surface area (Å²) in [7, 11) is 1.65. The van der Waals surface area contributed by atoms with Crippen LogP contribution in [0.5, 0.6) is 0 Å². The molecular formula is C12H20N4O3. The zero-order valence-corrected chi connectivity index (χ0v) is 11.4. The number of aromatic amines is 1. The number of urea groups is 1. The number of carbonyl (C=O) groups excluding carboxylic acids is 1. The highest BCUT2D eigenvalue weighted by Crippen LogP contribution is 2.10. The molecule has 19 heavy (non-hydrogen) atoms. The van der Waals surface area contributed by atoms with Crippen molar-refractivity contribution in [1.29, 1.82) is 0 Å². The molecule has 0 bridgehead atoms. The molecule has 2 amide bonds. The summed E-state index contributed by atoms with van der Waals surface area (Å²) >= 11 is 0. The lowest BCUT2D eigenvalue weighted by Gasteiger charge is -2.21. The summed E-state index contributed by atoms with van der Waals surface area (Å²) < 4.78 is 0. The van der Waals surface area contributed by atoms with E-state index in [-0.39, 0.29) is 18.5 Å². The van der Waals surface area contributed by atoms with Crippen LogP contribution in [0.1, 0.15) is 19.4 Å². The van der Waals surface area contributed by atoms with Crippen LogP contribution in [-0.2, 0) is 11.3 Å². The smallest absolute Gasteiger partial charge is 0.317 e. The fraction of sp³-hybridized carbons (Fsp3) is 0.583. The predicted molar refractivity (Wildman–Crippen MR) is 69.4 cm³/mol. The first-order valence-electron chi connectivity index (χ1n) is 6.11. The number of H-pyrrole nitrogens is 1. The quantitative estimate of drug-likeness (QED) is 0.714. The number of carboxylic acids is 1. The van der Waals surface area contributed by atoms with Crippen LogP contribution < -0.4 is 5.32 Å². The third-order valence-electron chi connectivity index (χ3n) is 2.92. The molecule has 0 saturated heterocycles. The van der Waals surface area contributed by atoms with E-state index in [1.165, 1.54) is 4.90 Å². The van der Waals surface area contributed by atoms with Crippen LogP contribution in [0, 0.1) is 11.8 Å². The number of amides is 2. The number of aromatic nitrogens is 2. The average molecular weight is 268 g/mol. The summed E-state index contributed by atoms with van der Waals surface area (Å²) in [6.45, 7) is 4.18. The highest BCUT2D eigenvalue weighted by atomic mass is 16.4. The highest BCUT2D eigenvalue weighted by molar-refractivity contribution is 5.75. The van der Waals surface area contributed by atoms with Crippen molar-refractivity contribution < 1.29 is 14.7 Å². The molecule has 7 nitrogen and oxygen atoms in total. The van der Waals surface area contributed by atoms with Gasteiger partial charge in [-0.3, -0.25) is 9.89 Å². The molecule has 1 heterocycles. The Labute approximate surface area is 112 Å². The minimum atomic E-state index is -0.896. The summed E-state index contributed by atoms with van der Waals surface area (Å²) in [5.74, 6) is -1.50. The van der Waals surface area contributed by atoms with E-state index in [4.69, 9.17) is 5.11 Å². The van der Waals surface area contributed by atoms with Crippen molar-refractivity contribution in [1.82, 2.24) is 20.4 Å². The molecule has 3 N–H and O–H groups in total. The second kappa shape index (κ2) is 6.77. The fourth-order valence-electron chi connectivity index (χ4n) is 1.65. The van der Waals surface area contributed by atoms with Crippen molar-refractivity contribution >= 4 is 12.0 Å². The van der Waals surface area contributed by atoms with Gasteiger partial charge in [0.25, 0.3) is 0 Å². The summed E-state index contributed by atoms with van der Waals surface area (Å²) in [5.41, 5.74) is 0.885. The molecule has 1 atom stereocenters. The summed E-state index contributed by atoms with van der Waals surface area (Å²) in [4.78, 5) is 24.3. The first-order valence-corrected chi connectivity index (χ1v) is 6.11. The second-order valence-corrected chi connectivity index (χ2v) is 4.84. The number of nitrogens with zero attached hydrogens (tertiary/aromatic N) is 2. The maximum atomic E-state index is 11.8. The van der Waals surface area contributed by atoms with Gasteiger partial charge in [0.05, 0.1) is 18.7 Å². The fourth-order valence-corrected chi connectivity index (χ4v) is 1.65. The van der Waals surface area contributed by atoms with Crippen LogP contribution in [0.25, 0.3) is 0 Å². The van der Waals surface area contributed by atoms with Gasteiger partial charge in [0, 0.05) is 25.4 Å². The second-order valence-electron chi connectivity index (χ2n) is 4.84. The molecule has 7 heteroatoms. The van der Waals surface area contributed by atoms with Gasteiger partial charge in [-0.25, -0.2) is 4.79 Å². The maximum Gasteiger partial charge on any atom is 0.317 e. The molecule has 106 valence electrons. The zero-order valence-electron chi connectivity index (χ0n) is 11.4. The van der Waals surface area contributed by atoms with Crippen LogP contribution in [0.15, 0.2) is 12.4 Å². The third-order valence-corrected chi connectivity index (χ3v) is 2.92. The Morgan fingerprint density at radius 1 is 1.53 bits per heavy atom. The van der Waals surface area contributed by atoms with Crippen LogP contribution in [0.4, 0.5) is 4.79 Å². The number of hydrogen-bond acceptors (Lipinski definition) is 3. The van der Waals surface area contributed by atoms with Gasteiger partial charge in [-0.1, -0.05) is 13.8 Å². The summed E-state index contributed by atoms with van der Waals surface area (Å²) in [5, 5.41) is 18.1. The lowest BCUT2D eigenvalue weighted by molar-refractivity contribution is -0.142. The van der Waals surface area contributed by atoms with Crippen LogP contribution >= 0.6 is 0 Å². The number of aliphatic carboxylic acids is 1. The Morgan fingerprint density at radius 2 is 2.21 bits per heavy atom. The topological polar surface area (TPSA) is 98.3 Å². The van der Waals surface area contributed by atoms with Crippen LogP contribution in [-0.4, -0.2) is 45.8 Å². The van der Waals surface area contributed by atoms with E-state index >= 15 is 0 Å². The standard InChI is InChI=1S/C12H20N4O3/c1-8(2)10(11(17)18)6-13-12(19)16(3)7-9-4-14-15-5-9/h4-5,8,10H,6-7H2,1-3H3,(H,13,19)(H,14,15)(H,17,18). The Kier molecular flexibility index (Phi) is 5.35. The molecule has 0 spiro atoms. The SMILES string of the molecule is CC(C)C(CNC(=O)N(C)Cc1cn[nH]c1)C(=O)O. The number of nitrogens with one attached hydrogen (secondary N) is 2. The van der Waals surface area contributed by atoms with E-state index in [2.05, 4.69) is 15.5 Å². The molecular weight excluding hydrogens is 248 g/mol. The Morgan fingerprint density at radius 3 is 2.68 bits per heavy atom. The van der Waals surface area contributed by atoms with Gasteiger partial charge in [-0.15, -0.1) is 0 Å². The molecule has 1 unspecified atom stereocenters. The molecule has 0 aliphatic heterocycles. The number of carboxylic acid groups (broad SMARTS) is 1. The van der Waals surface area contributed by atoms with E-state index in [0.29, 0.717) is 6.54 Å². The molecule has 0 radical (unpaired) electrons. The molecule has 1 aromatic heterocycles. The van der Waals surface area contributed by atoms with E-state index in [1.54, 1.807) is 19.4 Å². The lowest BCUT2D eigenvalue weighted by atomic mass is 9.96. The van der Waals surface area contributed by atoms with Gasteiger partial charge in [-0.2, -0.15) is 5.10 Å². The minimum absolute atomic E-state index is 0.0306. The van der Waals surface area contributed by atoms with Gasteiger partial charge < -0.3 is 15.3 Å². The zero-order chi connectivity index (χ0) is 14.4. The number of hydrogen-bond donors (Lipinski definition) is 3. The Bertz CT molecular complexity index is 417. The van der Waals surface area contributed by atoms with E-state index in [9.17, 15) is 9.59 Å². The monoisotopic (exact) mass is 268 g/mol. The molecule has 1 rings (SSSR count). The van der Waals surface area contributed by atoms with Gasteiger partial charge >= 0.3 is 12.0 Å². The maximum absolute atomic E-state index is 11.8. The highest BCUT2D eigenvalue weighted by Gasteiger charge is 2.22. The normalized spacial score (nSPS) is 12.2. The number of carbonyl (C=O) groups is 2. The Balaban J connectivity index is 2.43. The van der Waals surface area contributed by atoms with Crippen LogP contribution in [0.3, 0.4) is 0 Å². The van der Waals surface area contributed by atoms with Crippen molar-refractivity contribution in [3.8, 4) is 0 Å². The van der Waals surface area contributed by atoms with Gasteiger partial charge in [0.1, 0.15) is 0 Å². The minimum Gasteiger partial charge on any atom is -0.481 e. The first-order chi connectivity index (χ1) is 8.91.